The van der Waals surface area contributed by atoms with E-state index in [2.05, 4.69) is 15.2 Å². The number of carbonyl (C=O) groups excluding carboxylic acids is 1. The number of carbonyl (C=O) groups is 1. The van der Waals surface area contributed by atoms with Gasteiger partial charge in [0.25, 0.3) is 10.0 Å². The van der Waals surface area contributed by atoms with Crippen LogP contribution in [0.1, 0.15) is 33.6 Å². The summed E-state index contributed by atoms with van der Waals surface area (Å²) >= 11 is 0. The van der Waals surface area contributed by atoms with Crippen LogP contribution in [0.15, 0.2) is 57.9 Å². The highest BCUT2D eigenvalue weighted by Crippen LogP contribution is 2.22. The summed E-state index contributed by atoms with van der Waals surface area (Å²) < 4.78 is 32.4. The first kappa shape index (κ1) is 20.6. The van der Waals surface area contributed by atoms with Gasteiger partial charge in [-0.1, -0.05) is 35.0 Å². The Labute approximate surface area is 170 Å². The maximum absolute atomic E-state index is 12.5. The smallest absolute Gasteiger partial charge is 0.264 e. The Bertz CT molecular complexity index is 1100. The molecule has 0 amide bonds. The van der Waals surface area contributed by atoms with E-state index in [0.717, 1.165) is 11.3 Å². The molecule has 0 fully saturated rings. The van der Waals surface area contributed by atoms with Gasteiger partial charge in [-0.05, 0) is 45.0 Å². The van der Waals surface area contributed by atoms with Gasteiger partial charge in [0, 0.05) is 29.8 Å². The molecular formula is C21H23N3O4S. The van der Waals surface area contributed by atoms with E-state index in [9.17, 15) is 13.2 Å². The van der Waals surface area contributed by atoms with Gasteiger partial charge in [0.2, 0.25) is 5.88 Å². The molecule has 0 unspecified atom stereocenters. The van der Waals surface area contributed by atoms with Gasteiger partial charge < -0.3 is 9.84 Å². The average molecular weight is 413 g/mol. The number of sulfonamides is 1. The SMILES string of the molecule is Cc1ccc(C(=O)CCNc2ccc(S(=O)(=O)Nc3onc(C)c3C)cc2)cc1. The van der Waals surface area contributed by atoms with E-state index in [1.54, 1.807) is 26.0 Å². The van der Waals surface area contributed by atoms with Crippen LogP contribution < -0.4 is 10.0 Å². The van der Waals surface area contributed by atoms with E-state index in [1.165, 1.54) is 12.1 Å². The molecule has 1 aromatic heterocycles. The van der Waals surface area contributed by atoms with Gasteiger partial charge in [-0.2, -0.15) is 0 Å². The fraction of sp³-hybridized carbons (Fsp3) is 0.238. The van der Waals surface area contributed by atoms with E-state index < -0.39 is 10.0 Å². The number of anilines is 2. The van der Waals surface area contributed by atoms with Crippen LogP contribution in [0, 0.1) is 20.8 Å². The molecule has 29 heavy (non-hydrogen) atoms. The van der Waals surface area contributed by atoms with Crippen LogP contribution in [0.4, 0.5) is 11.6 Å². The van der Waals surface area contributed by atoms with E-state index in [-0.39, 0.29) is 16.6 Å². The highest BCUT2D eigenvalue weighted by molar-refractivity contribution is 7.92. The zero-order chi connectivity index (χ0) is 21.0. The van der Waals surface area contributed by atoms with E-state index >= 15 is 0 Å². The van der Waals surface area contributed by atoms with Crippen LogP contribution in [0.5, 0.6) is 0 Å². The Morgan fingerprint density at radius 2 is 1.66 bits per heavy atom. The largest absolute Gasteiger partial charge is 0.385 e. The number of hydrogen-bond acceptors (Lipinski definition) is 6. The Kier molecular flexibility index (Phi) is 6.03. The monoisotopic (exact) mass is 413 g/mol. The van der Waals surface area contributed by atoms with Crippen LogP contribution in [-0.2, 0) is 10.0 Å². The molecule has 1 heterocycles. The lowest BCUT2D eigenvalue weighted by Gasteiger charge is -2.09. The number of rotatable bonds is 8. The first-order valence-corrected chi connectivity index (χ1v) is 10.6. The predicted molar refractivity (Wildman–Crippen MR) is 112 cm³/mol. The lowest BCUT2D eigenvalue weighted by molar-refractivity contribution is 0.0986. The molecule has 0 atom stereocenters. The highest BCUT2D eigenvalue weighted by atomic mass is 32.2. The molecule has 3 aromatic rings. The molecule has 152 valence electrons. The molecule has 3 rings (SSSR count). The Morgan fingerprint density at radius 3 is 2.24 bits per heavy atom. The fourth-order valence-corrected chi connectivity index (χ4v) is 3.69. The second-order valence-electron chi connectivity index (χ2n) is 6.82. The third-order valence-electron chi connectivity index (χ3n) is 4.60. The molecule has 0 aliphatic heterocycles. The minimum Gasteiger partial charge on any atom is -0.385 e. The number of hydrogen-bond donors (Lipinski definition) is 2. The first-order valence-electron chi connectivity index (χ1n) is 9.16. The predicted octanol–water partition coefficient (Wildman–Crippen LogP) is 4.09. The number of nitrogens with zero attached hydrogens (tertiary/aromatic N) is 1. The molecule has 0 aliphatic rings. The van der Waals surface area contributed by atoms with E-state index in [0.29, 0.717) is 29.8 Å². The Balaban J connectivity index is 1.57. The van der Waals surface area contributed by atoms with Crippen molar-refractivity contribution in [2.75, 3.05) is 16.6 Å². The summed E-state index contributed by atoms with van der Waals surface area (Å²) in [6.07, 6.45) is 0.342. The third-order valence-corrected chi connectivity index (χ3v) is 5.95. The second-order valence-corrected chi connectivity index (χ2v) is 8.50. The van der Waals surface area contributed by atoms with Crippen LogP contribution in [0.3, 0.4) is 0 Å². The summed E-state index contributed by atoms with van der Waals surface area (Å²) in [5, 5.41) is 6.88. The van der Waals surface area contributed by atoms with Crippen LogP contribution >= 0.6 is 0 Å². The number of benzene rings is 2. The lowest BCUT2D eigenvalue weighted by atomic mass is 10.1. The molecule has 7 nitrogen and oxygen atoms in total. The van der Waals surface area contributed by atoms with Crippen LogP contribution in [0.2, 0.25) is 0 Å². The summed E-state index contributed by atoms with van der Waals surface area (Å²) in [4.78, 5) is 12.3. The van der Waals surface area contributed by atoms with Gasteiger partial charge in [0.05, 0.1) is 10.6 Å². The summed E-state index contributed by atoms with van der Waals surface area (Å²) in [6.45, 7) is 5.89. The minimum atomic E-state index is -3.78. The zero-order valence-electron chi connectivity index (χ0n) is 16.5. The molecule has 8 heteroatoms. The van der Waals surface area contributed by atoms with E-state index in [1.807, 2.05) is 31.2 Å². The van der Waals surface area contributed by atoms with Crippen molar-refractivity contribution < 1.29 is 17.7 Å². The van der Waals surface area contributed by atoms with Crippen molar-refractivity contribution >= 4 is 27.4 Å². The molecule has 0 radical (unpaired) electrons. The maximum atomic E-state index is 12.5. The van der Waals surface area contributed by atoms with Gasteiger partial charge in [0.15, 0.2) is 5.78 Å². The summed E-state index contributed by atoms with van der Waals surface area (Å²) in [6, 6.07) is 13.8. The Hall–Kier alpha value is -3.13. The van der Waals surface area contributed by atoms with Gasteiger partial charge in [-0.15, -0.1) is 0 Å². The van der Waals surface area contributed by atoms with Gasteiger partial charge >= 0.3 is 0 Å². The summed E-state index contributed by atoms with van der Waals surface area (Å²) in [5.74, 6) is 0.165. The van der Waals surface area contributed by atoms with Crippen molar-refractivity contribution in [2.45, 2.75) is 32.1 Å². The highest BCUT2D eigenvalue weighted by Gasteiger charge is 2.19. The second kappa shape index (κ2) is 8.48. The number of Topliss-reactive ketones (excluding diaryl/α,β-unsaturated/α-hetero) is 1. The number of aryl methyl sites for hydroxylation is 2. The molecule has 0 saturated heterocycles. The Morgan fingerprint density at radius 1 is 1.00 bits per heavy atom. The van der Waals surface area contributed by atoms with Crippen molar-refractivity contribution in [1.82, 2.24) is 5.16 Å². The van der Waals surface area contributed by atoms with Crippen LogP contribution in [0.25, 0.3) is 0 Å². The molecule has 0 bridgehead atoms. The standard InChI is InChI=1S/C21H23N3O4S/c1-14-4-6-17(7-5-14)20(25)12-13-22-18-8-10-19(11-9-18)29(26,27)24-21-15(2)16(3)23-28-21/h4-11,22,24H,12-13H2,1-3H3. The molecule has 0 spiro atoms. The first-order chi connectivity index (χ1) is 13.8. The topological polar surface area (TPSA) is 101 Å². The van der Waals surface area contributed by atoms with Crippen molar-refractivity contribution in [1.29, 1.82) is 0 Å². The molecule has 2 aromatic carbocycles. The molecular weight excluding hydrogens is 390 g/mol. The normalized spacial score (nSPS) is 11.3. The number of aromatic nitrogens is 1. The molecule has 2 N–H and O–H groups in total. The maximum Gasteiger partial charge on any atom is 0.264 e. The quantitative estimate of drug-likeness (QED) is 0.540. The van der Waals surface area contributed by atoms with E-state index in [4.69, 9.17) is 4.52 Å². The van der Waals surface area contributed by atoms with Gasteiger partial charge in [-0.3, -0.25) is 4.79 Å². The average Bonchev–Trinajstić information content (AvgIpc) is 3.00. The van der Waals surface area contributed by atoms with Crippen molar-refractivity contribution in [2.24, 2.45) is 0 Å². The minimum absolute atomic E-state index is 0.0543. The van der Waals surface area contributed by atoms with Gasteiger partial charge in [-0.25, -0.2) is 13.1 Å². The lowest BCUT2D eigenvalue weighted by Crippen LogP contribution is -2.13. The molecule has 0 saturated carbocycles. The molecule has 0 aliphatic carbocycles. The number of nitrogens with one attached hydrogen (secondary N) is 2. The van der Waals surface area contributed by atoms with Crippen LogP contribution in [-0.4, -0.2) is 25.9 Å². The zero-order valence-corrected chi connectivity index (χ0v) is 17.3. The summed E-state index contributed by atoms with van der Waals surface area (Å²) in [7, 11) is -3.78. The third kappa shape index (κ3) is 5.03. The van der Waals surface area contributed by atoms with Gasteiger partial charge in [0.1, 0.15) is 0 Å². The number of ketones is 1. The van der Waals surface area contributed by atoms with Crippen molar-refractivity contribution in [3.8, 4) is 0 Å². The van der Waals surface area contributed by atoms with Crippen molar-refractivity contribution in [3.05, 3.63) is 70.9 Å². The summed E-state index contributed by atoms with van der Waals surface area (Å²) in [5.41, 5.74) is 3.79. The fourth-order valence-electron chi connectivity index (χ4n) is 2.65. The van der Waals surface area contributed by atoms with Crippen molar-refractivity contribution in [3.63, 3.8) is 0 Å².